The normalized spacial score (nSPS) is 13.8. The number of benzene rings is 2. The van der Waals surface area contributed by atoms with Crippen molar-refractivity contribution < 1.29 is 19.1 Å². The maximum absolute atomic E-state index is 12.8. The van der Waals surface area contributed by atoms with Crippen LogP contribution in [-0.4, -0.2) is 49.6 Å². The van der Waals surface area contributed by atoms with E-state index in [1.807, 2.05) is 37.3 Å². The molecular weight excluding hydrogens is 356 g/mol. The molecule has 2 aromatic carbocycles. The Morgan fingerprint density at radius 3 is 2.57 bits per heavy atom. The molecule has 1 fully saturated rings. The molecule has 0 atom stereocenters. The highest BCUT2D eigenvalue weighted by Crippen LogP contribution is 2.19. The largest absolute Gasteiger partial charge is 0.493 e. The molecule has 2 aromatic rings. The van der Waals surface area contributed by atoms with Crippen molar-refractivity contribution in [3.63, 3.8) is 0 Å². The fraction of sp³-hybridized carbons (Fsp3) is 0.364. The van der Waals surface area contributed by atoms with Crippen molar-refractivity contribution in [2.75, 3.05) is 38.2 Å². The Kier molecular flexibility index (Phi) is 7.03. The van der Waals surface area contributed by atoms with Crippen LogP contribution in [0, 0.1) is 6.92 Å². The summed E-state index contributed by atoms with van der Waals surface area (Å²) in [5.41, 5.74) is 2.13. The molecule has 2 amide bonds. The van der Waals surface area contributed by atoms with Crippen molar-refractivity contribution in [1.29, 1.82) is 0 Å². The molecule has 1 N–H and O–H groups in total. The van der Waals surface area contributed by atoms with Crippen LogP contribution >= 0.6 is 0 Å². The van der Waals surface area contributed by atoms with Gasteiger partial charge in [-0.25, -0.2) is 0 Å². The smallest absolute Gasteiger partial charge is 0.256 e. The van der Waals surface area contributed by atoms with Gasteiger partial charge in [-0.05, 0) is 37.1 Å². The van der Waals surface area contributed by atoms with Crippen molar-refractivity contribution in [2.45, 2.75) is 19.8 Å². The molecule has 0 spiro atoms. The van der Waals surface area contributed by atoms with E-state index in [0.29, 0.717) is 57.0 Å². The molecule has 1 aliphatic rings. The van der Waals surface area contributed by atoms with E-state index in [0.717, 1.165) is 11.3 Å². The third-order valence-corrected chi connectivity index (χ3v) is 4.63. The molecule has 0 radical (unpaired) electrons. The number of carbonyl (C=O) groups excluding carboxylic acids is 2. The van der Waals surface area contributed by atoms with Gasteiger partial charge >= 0.3 is 0 Å². The summed E-state index contributed by atoms with van der Waals surface area (Å²) in [5.74, 6) is 0.627. The number of carbonyl (C=O) groups is 2. The number of anilines is 1. The molecular formula is C22H26N2O4. The quantitative estimate of drug-likeness (QED) is 0.747. The van der Waals surface area contributed by atoms with Crippen molar-refractivity contribution in [1.82, 2.24) is 4.90 Å². The molecule has 0 aromatic heterocycles. The van der Waals surface area contributed by atoms with Gasteiger partial charge in [0.05, 0.1) is 31.1 Å². The van der Waals surface area contributed by atoms with E-state index in [1.165, 1.54) is 0 Å². The molecule has 0 saturated carbocycles. The number of nitrogens with zero attached hydrogens (tertiary/aromatic N) is 1. The molecule has 1 saturated heterocycles. The average Bonchev–Trinajstić information content (AvgIpc) is 2.73. The summed E-state index contributed by atoms with van der Waals surface area (Å²) >= 11 is 0. The summed E-state index contributed by atoms with van der Waals surface area (Å²) in [6, 6.07) is 14.9. The summed E-state index contributed by atoms with van der Waals surface area (Å²) < 4.78 is 11.0. The van der Waals surface area contributed by atoms with Gasteiger partial charge in [0, 0.05) is 19.5 Å². The second-order valence-electron chi connectivity index (χ2n) is 6.72. The molecule has 148 valence electrons. The Bertz CT molecular complexity index is 816. The number of aryl methyl sites for hydroxylation is 1. The van der Waals surface area contributed by atoms with Gasteiger partial charge in [0.2, 0.25) is 5.91 Å². The Morgan fingerprint density at radius 2 is 1.79 bits per heavy atom. The van der Waals surface area contributed by atoms with E-state index < -0.39 is 0 Å². The van der Waals surface area contributed by atoms with Gasteiger partial charge in [-0.1, -0.05) is 30.3 Å². The number of ether oxygens (including phenoxy) is 2. The van der Waals surface area contributed by atoms with Crippen LogP contribution in [-0.2, 0) is 9.53 Å². The molecule has 1 aliphatic heterocycles. The molecule has 28 heavy (non-hydrogen) atoms. The highest BCUT2D eigenvalue weighted by Gasteiger charge is 2.21. The van der Waals surface area contributed by atoms with Gasteiger partial charge in [0.15, 0.2) is 0 Å². The number of nitrogens with one attached hydrogen (secondary N) is 1. The molecule has 6 nitrogen and oxygen atoms in total. The highest BCUT2D eigenvalue weighted by atomic mass is 16.5. The average molecular weight is 382 g/mol. The Morgan fingerprint density at radius 1 is 1.07 bits per heavy atom. The minimum Gasteiger partial charge on any atom is -0.493 e. The number of hydrogen-bond acceptors (Lipinski definition) is 4. The van der Waals surface area contributed by atoms with Gasteiger partial charge < -0.3 is 19.7 Å². The lowest BCUT2D eigenvalue weighted by Crippen LogP contribution is -2.41. The summed E-state index contributed by atoms with van der Waals surface area (Å²) in [5, 5.41) is 2.87. The van der Waals surface area contributed by atoms with Crippen molar-refractivity contribution in [3.05, 3.63) is 59.7 Å². The van der Waals surface area contributed by atoms with Crippen LogP contribution in [0.5, 0.6) is 5.75 Å². The number of hydrogen-bond donors (Lipinski definition) is 1. The molecule has 1 heterocycles. The van der Waals surface area contributed by atoms with E-state index in [2.05, 4.69) is 5.32 Å². The number of morpholine rings is 1. The zero-order chi connectivity index (χ0) is 19.8. The van der Waals surface area contributed by atoms with Crippen LogP contribution in [0.15, 0.2) is 48.5 Å². The van der Waals surface area contributed by atoms with Crippen LogP contribution in [0.2, 0.25) is 0 Å². The molecule has 0 aliphatic carbocycles. The van der Waals surface area contributed by atoms with Crippen molar-refractivity contribution in [3.8, 4) is 5.75 Å². The summed E-state index contributed by atoms with van der Waals surface area (Å²) in [7, 11) is 0. The standard InChI is InChI=1S/C22H26N2O4/c1-17-7-2-5-10-20(17)28-14-6-11-21(25)23-19-9-4-3-8-18(19)22(26)24-12-15-27-16-13-24/h2-5,7-10H,6,11-16H2,1H3,(H,23,25). The first kappa shape index (κ1) is 19.9. The zero-order valence-electron chi connectivity index (χ0n) is 16.1. The second-order valence-corrected chi connectivity index (χ2v) is 6.72. The summed E-state index contributed by atoms with van der Waals surface area (Å²) in [6.45, 7) is 4.67. The monoisotopic (exact) mass is 382 g/mol. The van der Waals surface area contributed by atoms with Gasteiger partial charge in [-0.15, -0.1) is 0 Å². The maximum Gasteiger partial charge on any atom is 0.256 e. The minimum absolute atomic E-state index is 0.0814. The Balaban J connectivity index is 1.51. The number of amides is 2. The summed E-state index contributed by atoms with van der Waals surface area (Å²) in [6.07, 6.45) is 0.922. The zero-order valence-corrected chi connectivity index (χ0v) is 16.1. The maximum atomic E-state index is 12.8. The van der Waals surface area contributed by atoms with E-state index in [-0.39, 0.29) is 11.8 Å². The van der Waals surface area contributed by atoms with Gasteiger partial charge in [0.1, 0.15) is 5.75 Å². The van der Waals surface area contributed by atoms with Crippen molar-refractivity contribution in [2.24, 2.45) is 0 Å². The highest BCUT2D eigenvalue weighted by molar-refractivity contribution is 6.03. The molecule has 0 bridgehead atoms. The Labute approximate surface area is 165 Å². The lowest BCUT2D eigenvalue weighted by Gasteiger charge is -2.27. The van der Waals surface area contributed by atoms with Crippen molar-refractivity contribution >= 4 is 17.5 Å². The van der Waals surface area contributed by atoms with Crippen LogP contribution in [0.4, 0.5) is 5.69 Å². The van der Waals surface area contributed by atoms with Gasteiger partial charge in [0.25, 0.3) is 5.91 Å². The lowest BCUT2D eigenvalue weighted by atomic mass is 10.1. The van der Waals surface area contributed by atoms with Gasteiger partial charge in [-0.2, -0.15) is 0 Å². The fourth-order valence-corrected chi connectivity index (χ4v) is 3.06. The van der Waals surface area contributed by atoms with Gasteiger partial charge in [-0.3, -0.25) is 9.59 Å². The van der Waals surface area contributed by atoms with E-state index in [4.69, 9.17) is 9.47 Å². The molecule has 0 unspecified atom stereocenters. The third-order valence-electron chi connectivity index (χ3n) is 4.63. The van der Waals surface area contributed by atoms with Crippen LogP contribution in [0.3, 0.4) is 0 Å². The third kappa shape index (κ3) is 5.33. The van der Waals surface area contributed by atoms with E-state index in [1.54, 1.807) is 23.1 Å². The summed E-state index contributed by atoms with van der Waals surface area (Å²) in [4.78, 5) is 26.8. The van der Waals surface area contributed by atoms with E-state index >= 15 is 0 Å². The topological polar surface area (TPSA) is 67.9 Å². The first-order valence-electron chi connectivity index (χ1n) is 9.59. The van der Waals surface area contributed by atoms with Crippen LogP contribution < -0.4 is 10.1 Å². The first-order chi connectivity index (χ1) is 13.6. The lowest BCUT2D eigenvalue weighted by molar-refractivity contribution is -0.116. The second kappa shape index (κ2) is 9.90. The molecule has 6 heteroatoms. The fourth-order valence-electron chi connectivity index (χ4n) is 3.06. The minimum atomic E-state index is -0.129. The van der Waals surface area contributed by atoms with E-state index in [9.17, 15) is 9.59 Å². The number of para-hydroxylation sites is 2. The Hall–Kier alpha value is -2.86. The SMILES string of the molecule is Cc1ccccc1OCCCC(=O)Nc1ccccc1C(=O)N1CCOCC1. The number of rotatable bonds is 7. The molecule has 3 rings (SSSR count). The van der Waals surface area contributed by atoms with Crippen LogP contribution in [0.1, 0.15) is 28.8 Å². The first-order valence-corrected chi connectivity index (χ1v) is 9.59. The predicted octanol–water partition coefficient (Wildman–Crippen LogP) is 3.27. The van der Waals surface area contributed by atoms with Crippen LogP contribution in [0.25, 0.3) is 0 Å². The predicted molar refractivity (Wildman–Crippen MR) is 108 cm³/mol.